The summed E-state index contributed by atoms with van der Waals surface area (Å²) < 4.78 is 0. The number of hydrogen-bond donors (Lipinski definition) is 1. The van der Waals surface area contributed by atoms with Gasteiger partial charge in [0.1, 0.15) is 10.7 Å². The molecule has 0 saturated heterocycles. The average Bonchev–Trinajstić information content (AvgIpc) is 3.02. The summed E-state index contributed by atoms with van der Waals surface area (Å²) in [5.41, 5.74) is 2.48. The summed E-state index contributed by atoms with van der Waals surface area (Å²) in [6, 6.07) is 0.271. The number of aromatic nitrogens is 2. The molecule has 0 aromatic carbocycles. The van der Waals surface area contributed by atoms with E-state index in [1.165, 1.54) is 24.2 Å². The molecule has 2 bridgehead atoms. The topological polar surface area (TPSA) is 54.9 Å². The molecule has 0 unspecified atom stereocenters. The average molecular weight is 358 g/mol. The minimum atomic E-state index is 0.0622. The van der Waals surface area contributed by atoms with Crippen LogP contribution in [-0.2, 0) is 0 Å². The van der Waals surface area contributed by atoms with E-state index >= 15 is 0 Å². The highest BCUT2D eigenvalue weighted by atomic mass is 32.1. The molecule has 3 atom stereocenters. The van der Waals surface area contributed by atoms with Crippen LogP contribution in [0.1, 0.15) is 66.8 Å². The molecule has 25 heavy (non-hydrogen) atoms. The molecule has 2 heterocycles. The minimum absolute atomic E-state index is 0.0622. The van der Waals surface area contributed by atoms with Crippen LogP contribution in [0.4, 0.5) is 0 Å². The molecule has 1 amide bonds. The van der Waals surface area contributed by atoms with Crippen molar-refractivity contribution >= 4 is 27.5 Å². The zero-order chi connectivity index (χ0) is 18.1. The first-order chi connectivity index (χ1) is 11.6. The van der Waals surface area contributed by atoms with Crippen LogP contribution in [0.15, 0.2) is 0 Å². The Bertz CT molecular complexity index is 885. The van der Waals surface area contributed by atoms with Gasteiger partial charge in [0.05, 0.1) is 4.88 Å². The van der Waals surface area contributed by atoms with Gasteiger partial charge in [-0.15, -0.1) is 11.3 Å². The summed E-state index contributed by atoms with van der Waals surface area (Å²) in [5, 5.41) is 4.42. The normalized spacial score (nSPS) is 30.2. The SMILES string of the molecule is Cc1nc(C)c2c(C)c(C(=O)N[C@H]3C[C@H]4CC[C@@]3(C)C4(C)C)sc2n1. The maximum Gasteiger partial charge on any atom is 0.261 e. The maximum atomic E-state index is 13.1. The van der Waals surface area contributed by atoms with Gasteiger partial charge in [0.25, 0.3) is 5.91 Å². The van der Waals surface area contributed by atoms with Crippen molar-refractivity contribution in [2.75, 3.05) is 0 Å². The van der Waals surface area contributed by atoms with E-state index in [0.717, 1.165) is 44.5 Å². The van der Waals surface area contributed by atoms with Gasteiger partial charge in [0.15, 0.2) is 0 Å². The number of fused-ring (bicyclic) bond motifs is 3. The van der Waals surface area contributed by atoms with Gasteiger partial charge in [-0.1, -0.05) is 20.8 Å². The Hall–Kier alpha value is -1.49. The second-order valence-corrected chi connectivity index (χ2v) is 9.73. The number of carbonyl (C=O) groups is 1. The molecule has 0 radical (unpaired) electrons. The zero-order valence-electron chi connectivity index (χ0n) is 16.0. The first kappa shape index (κ1) is 17.0. The van der Waals surface area contributed by atoms with Gasteiger partial charge in [-0.3, -0.25) is 4.79 Å². The van der Waals surface area contributed by atoms with Crippen LogP contribution in [-0.4, -0.2) is 21.9 Å². The van der Waals surface area contributed by atoms with Gasteiger partial charge in [-0.2, -0.15) is 0 Å². The highest BCUT2D eigenvalue weighted by molar-refractivity contribution is 7.20. The Morgan fingerprint density at radius 3 is 2.52 bits per heavy atom. The van der Waals surface area contributed by atoms with Crippen molar-refractivity contribution in [1.29, 1.82) is 0 Å². The maximum absolute atomic E-state index is 13.1. The number of nitrogens with zero attached hydrogens (tertiary/aromatic N) is 2. The predicted octanol–water partition coefficient (Wildman–Crippen LogP) is 4.56. The number of thiophene rings is 1. The van der Waals surface area contributed by atoms with E-state index in [4.69, 9.17) is 0 Å². The summed E-state index contributed by atoms with van der Waals surface area (Å²) in [6.07, 6.45) is 3.62. The standard InChI is InChI=1S/C20H27N3OS/c1-10-15-11(2)21-12(3)22-18(15)25-16(10)17(24)23-14-9-13-7-8-20(14,6)19(13,4)5/h13-14H,7-9H2,1-6H3,(H,23,24)/t13-,14+,20-/m1/s1. The number of nitrogens with one attached hydrogen (secondary N) is 1. The van der Waals surface area contributed by atoms with Gasteiger partial charge >= 0.3 is 0 Å². The third-order valence-corrected chi connectivity index (χ3v) is 8.57. The van der Waals surface area contributed by atoms with E-state index in [9.17, 15) is 4.79 Å². The number of amides is 1. The first-order valence-corrected chi connectivity index (χ1v) is 10.0. The largest absolute Gasteiger partial charge is 0.348 e. The third-order valence-electron chi connectivity index (χ3n) is 7.39. The van der Waals surface area contributed by atoms with Crippen molar-refractivity contribution in [3.63, 3.8) is 0 Å². The minimum Gasteiger partial charge on any atom is -0.348 e. The Morgan fingerprint density at radius 1 is 1.20 bits per heavy atom. The molecule has 2 aliphatic carbocycles. The summed E-state index contributed by atoms with van der Waals surface area (Å²) in [5.74, 6) is 1.55. The number of aryl methyl sites for hydroxylation is 3. The van der Waals surface area contributed by atoms with Crippen LogP contribution in [0.5, 0.6) is 0 Å². The molecule has 2 aromatic rings. The first-order valence-electron chi connectivity index (χ1n) is 9.20. The Balaban J connectivity index is 1.66. The molecule has 4 rings (SSSR count). The van der Waals surface area contributed by atoms with E-state index in [1.54, 1.807) is 0 Å². The zero-order valence-corrected chi connectivity index (χ0v) is 16.8. The van der Waals surface area contributed by atoms with Crippen LogP contribution in [0.25, 0.3) is 10.2 Å². The fraction of sp³-hybridized carbons (Fsp3) is 0.650. The Labute approximate surface area is 153 Å². The summed E-state index contributed by atoms with van der Waals surface area (Å²) in [4.78, 5) is 23.8. The van der Waals surface area contributed by atoms with Crippen molar-refractivity contribution in [2.24, 2.45) is 16.7 Å². The Kier molecular flexibility index (Phi) is 3.56. The van der Waals surface area contributed by atoms with Crippen LogP contribution < -0.4 is 5.32 Å². The second-order valence-electron chi connectivity index (χ2n) is 8.73. The number of hydrogen-bond acceptors (Lipinski definition) is 4. The summed E-state index contributed by atoms with van der Waals surface area (Å²) in [6.45, 7) is 13.0. The van der Waals surface area contributed by atoms with Crippen LogP contribution >= 0.6 is 11.3 Å². The number of carbonyl (C=O) groups excluding carboxylic acids is 1. The van der Waals surface area contributed by atoms with E-state index in [2.05, 4.69) is 36.1 Å². The summed E-state index contributed by atoms with van der Waals surface area (Å²) >= 11 is 1.50. The van der Waals surface area contributed by atoms with Gasteiger partial charge in [0.2, 0.25) is 0 Å². The van der Waals surface area contributed by atoms with E-state index < -0.39 is 0 Å². The van der Waals surface area contributed by atoms with Gasteiger partial charge in [-0.05, 0) is 62.3 Å². The lowest BCUT2D eigenvalue weighted by Gasteiger charge is -2.39. The monoisotopic (exact) mass is 357 g/mol. The van der Waals surface area contributed by atoms with E-state index in [1.807, 2.05) is 20.8 Å². The lowest BCUT2D eigenvalue weighted by atomic mass is 9.69. The van der Waals surface area contributed by atoms with Crippen molar-refractivity contribution < 1.29 is 4.79 Å². The van der Waals surface area contributed by atoms with Crippen LogP contribution in [0.3, 0.4) is 0 Å². The van der Waals surface area contributed by atoms with Crippen LogP contribution in [0.2, 0.25) is 0 Å². The van der Waals surface area contributed by atoms with Crippen molar-refractivity contribution in [1.82, 2.24) is 15.3 Å². The van der Waals surface area contributed by atoms with Gasteiger partial charge < -0.3 is 5.32 Å². The van der Waals surface area contributed by atoms with Crippen molar-refractivity contribution in [2.45, 2.75) is 66.8 Å². The third kappa shape index (κ3) is 2.21. The molecule has 2 fully saturated rings. The predicted molar refractivity (Wildman–Crippen MR) is 102 cm³/mol. The molecule has 4 nitrogen and oxygen atoms in total. The molecule has 2 saturated carbocycles. The summed E-state index contributed by atoms with van der Waals surface area (Å²) in [7, 11) is 0. The fourth-order valence-electron chi connectivity index (χ4n) is 5.34. The Morgan fingerprint density at radius 2 is 1.92 bits per heavy atom. The lowest BCUT2D eigenvalue weighted by Crippen LogP contribution is -2.46. The van der Waals surface area contributed by atoms with Gasteiger partial charge in [0, 0.05) is 17.1 Å². The van der Waals surface area contributed by atoms with E-state index in [-0.39, 0.29) is 17.4 Å². The van der Waals surface area contributed by atoms with Gasteiger partial charge in [-0.25, -0.2) is 9.97 Å². The molecule has 0 aliphatic heterocycles. The fourth-order valence-corrected chi connectivity index (χ4v) is 6.52. The molecule has 0 spiro atoms. The molecule has 5 heteroatoms. The molecular weight excluding hydrogens is 330 g/mol. The molecule has 2 aromatic heterocycles. The van der Waals surface area contributed by atoms with E-state index in [0.29, 0.717) is 5.41 Å². The quantitative estimate of drug-likeness (QED) is 0.857. The van der Waals surface area contributed by atoms with Crippen LogP contribution in [0, 0.1) is 37.5 Å². The van der Waals surface area contributed by atoms with Crippen molar-refractivity contribution in [3.8, 4) is 0 Å². The molecular formula is C20H27N3OS. The molecule has 1 N–H and O–H groups in total. The highest BCUT2D eigenvalue weighted by Crippen LogP contribution is 2.65. The van der Waals surface area contributed by atoms with Crippen molar-refractivity contribution in [3.05, 3.63) is 22.0 Å². The second kappa shape index (κ2) is 5.26. The highest BCUT2D eigenvalue weighted by Gasteiger charge is 2.61. The molecule has 134 valence electrons. The smallest absolute Gasteiger partial charge is 0.261 e. The number of rotatable bonds is 2. The lowest BCUT2D eigenvalue weighted by molar-refractivity contribution is 0.0829. The molecule has 2 aliphatic rings.